The molecule has 4 heterocycles. The van der Waals surface area contributed by atoms with Crippen LogP contribution in [0.1, 0.15) is 23.2 Å². The standard InChI is InChI=1S/C17H20N6O5S/c1-3-27-16(24)13-4-5-15(28-13)29(25,26)22-8-6-21(7-9-22)14-10-12(2)20-17-18-11-19-23(14)17/h4-5,10-11H,3,6-9H2,1-2H3. The number of hydrogen-bond acceptors (Lipinski definition) is 9. The topological polar surface area (TPSA) is 123 Å². The maximum atomic E-state index is 12.9. The number of esters is 1. The van der Waals surface area contributed by atoms with Crippen LogP contribution in [0.3, 0.4) is 0 Å². The molecule has 0 N–H and O–H groups in total. The fourth-order valence-electron chi connectivity index (χ4n) is 3.19. The molecule has 0 atom stereocenters. The number of piperazine rings is 1. The van der Waals surface area contributed by atoms with E-state index < -0.39 is 16.0 Å². The number of aromatic nitrogens is 4. The Morgan fingerprint density at radius 3 is 2.72 bits per heavy atom. The van der Waals surface area contributed by atoms with Crippen LogP contribution < -0.4 is 4.90 Å². The predicted molar refractivity (Wildman–Crippen MR) is 101 cm³/mol. The summed E-state index contributed by atoms with van der Waals surface area (Å²) >= 11 is 0. The minimum Gasteiger partial charge on any atom is -0.460 e. The van der Waals surface area contributed by atoms with Crippen molar-refractivity contribution in [3.8, 4) is 0 Å². The van der Waals surface area contributed by atoms with Gasteiger partial charge in [0, 0.05) is 37.9 Å². The summed E-state index contributed by atoms with van der Waals surface area (Å²) in [4.78, 5) is 22.2. The third-order valence-electron chi connectivity index (χ3n) is 4.58. The van der Waals surface area contributed by atoms with Crippen molar-refractivity contribution in [1.82, 2.24) is 23.9 Å². The Kier molecular flexibility index (Phi) is 4.96. The summed E-state index contributed by atoms with van der Waals surface area (Å²) in [6.45, 7) is 5.15. The van der Waals surface area contributed by atoms with Crippen LogP contribution in [0.25, 0.3) is 5.78 Å². The van der Waals surface area contributed by atoms with E-state index in [1.807, 2.05) is 17.9 Å². The second-order valence-corrected chi connectivity index (χ2v) is 8.33. The number of hydrogen-bond donors (Lipinski definition) is 0. The number of aryl methyl sites for hydroxylation is 1. The summed E-state index contributed by atoms with van der Waals surface area (Å²) in [7, 11) is -3.85. The third-order valence-corrected chi connectivity index (χ3v) is 6.35. The SMILES string of the molecule is CCOC(=O)c1ccc(S(=O)(=O)N2CCN(c3cc(C)nc4ncnn34)CC2)o1. The first-order valence-corrected chi connectivity index (χ1v) is 10.5. The summed E-state index contributed by atoms with van der Waals surface area (Å²) in [5, 5.41) is 3.92. The second kappa shape index (κ2) is 7.44. The van der Waals surface area contributed by atoms with Gasteiger partial charge in [0.05, 0.1) is 6.61 Å². The summed E-state index contributed by atoms with van der Waals surface area (Å²) < 4.78 is 38.8. The number of fused-ring (bicyclic) bond motifs is 1. The first-order chi connectivity index (χ1) is 13.9. The Morgan fingerprint density at radius 1 is 1.24 bits per heavy atom. The number of rotatable bonds is 5. The van der Waals surface area contributed by atoms with Gasteiger partial charge in [-0.05, 0) is 26.0 Å². The number of sulfonamides is 1. The van der Waals surface area contributed by atoms with Gasteiger partial charge in [0.15, 0.2) is 0 Å². The van der Waals surface area contributed by atoms with Gasteiger partial charge in [-0.15, -0.1) is 0 Å². The van der Waals surface area contributed by atoms with Crippen LogP contribution in [-0.4, -0.2) is 71.1 Å². The lowest BCUT2D eigenvalue weighted by Crippen LogP contribution is -2.49. The lowest BCUT2D eigenvalue weighted by atomic mass is 10.3. The largest absolute Gasteiger partial charge is 0.460 e. The lowest BCUT2D eigenvalue weighted by Gasteiger charge is -2.34. The molecule has 0 unspecified atom stereocenters. The van der Waals surface area contributed by atoms with E-state index in [0.29, 0.717) is 18.9 Å². The average molecular weight is 420 g/mol. The van der Waals surface area contributed by atoms with Gasteiger partial charge in [-0.1, -0.05) is 0 Å². The zero-order chi connectivity index (χ0) is 20.6. The van der Waals surface area contributed by atoms with E-state index in [4.69, 9.17) is 9.15 Å². The first-order valence-electron chi connectivity index (χ1n) is 9.09. The average Bonchev–Trinajstić information content (AvgIpc) is 3.37. The van der Waals surface area contributed by atoms with Crippen LogP contribution in [-0.2, 0) is 14.8 Å². The first kappa shape index (κ1) is 19.3. The Labute approximate surface area is 166 Å². The van der Waals surface area contributed by atoms with Gasteiger partial charge in [-0.3, -0.25) is 0 Å². The molecule has 0 aromatic carbocycles. The highest BCUT2D eigenvalue weighted by atomic mass is 32.2. The van der Waals surface area contributed by atoms with Crippen LogP contribution in [0.4, 0.5) is 5.82 Å². The van der Waals surface area contributed by atoms with Gasteiger partial charge < -0.3 is 14.1 Å². The van der Waals surface area contributed by atoms with Gasteiger partial charge in [0.1, 0.15) is 12.1 Å². The van der Waals surface area contributed by atoms with Crippen LogP contribution in [0.2, 0.25) is 0 Å². The smallest absolute Gasteiger partial charge is 0.374 e. The molecule has 1 aliphatic heterocycles. The molecule has 12 heteroatoms. The molecular weight excluding hydrogens is 400 g/mol. The Bertz CT molecular complexity index is 1150. The fourth-order valence-corrected chi connectivity index (χ4v) is 4.53. The van der Waals surface area contributed by atoms with Crippen molar-refractivity contribution < 1.29 is 22.4 Å². The highest BCUT2D eigenvalue weighted by Gasteiger charge is 2.32. The number of anilines is 1. The Hall–Kier alpha value is -2.99. The van der Waals surface area contributed by atoms with Gasteiger partial charge >= 0.3 is 5.97 Å². The molecule has 0 spiro atoms. The molecule has 154 valence electrons. The maximum absolute atomic E-state index is 12.9. The van der Waals surface area contributed by atoms with Crippen molar-refractivity contribution in [3.05, 3.63) is 36.0 Å². The Balaban J connectivity index is 1.50. The molecule has 1 fully saturated rings. The molecule has 11 nitrogen and oxygen atoms in total. The van der Waals surface area contributed by atoms with Crippen LogP contribution in [0.15, 0.2) is 34.0 Å². The van der Waals surface area contributed by atoms with Crippen molar-refractivity contribution in [2.45, 2.75) is 18.9 Å². The van der Waals surface area contributed by atoms with Crippen molar-refractivity contribution in [3.63, 3.8) is 0 Å². The highest BCUT2D eigenvalue weighted by molar-refractivity contribution is 7.89. The van der Waals surface area contributed by atoms with Crippen molar-refractivity contribution in [2.24, 2.45) is 0 Å². The van der Waals surface area contributed by atoms with Gasteiger partial charge in [0.25, 0.3) is 15.8 Å². The number of carbonyl (C=O) groups excluding carboxylic acids is 1. The summed E-state index contributed by atoms with van der Waals surface area (Å²) in [5.41, 5.74) is 0.803. The van der Waals surface area contributed by atoms with Crippen molar-refractivity contribution >= 4 is 27.6 Å². The number of furan rings is 1. The minimum absolute atomic E-state index is 0.134. The van der Waals surface area contributed by atoms with Crippen LogP contribution >= 0.6 is 0 Å². The van der Waals surface area contributed by atoms with Gasteiger partial charge in [0.2, 0.25) is 10.9 Å². The van der Waals surface area contributed by atoms with E-state index in [0.717, 1.165) is 11.5 Å². The fraction of sp³-hybridized carbons (Fsp3) is 0.412. The van der Waals surface area contributed by atoms with E-state index in [2.05, 4.69) is 15.1 Å². The number of nitrogens with zero attached hydrogens (tertiary/aromatic N) is 6. The normalized spacial score (nSPS) is 15.7. The molecule has 3 aromatic rings. The molecule has 1 aliphatic rings. The van der Waals surface area contributed by atoms with Crippen LogP contribution in [0, 0.1) is 6.92 Å². The van der Waals surface area contributed by atoms with E-state index in [9.17, 15) is 13.2 Å². The molecule has 0 radical (unpaired) electrons. The molecule has 29 heavy (non-hydrogen) atoms. The van der Waals surface area contributed by atoms with Gasteiger partial charge in [-0.25, -0.2) is 18.2 Å². The number of ether oxygens (including phenoxy) is 1. The second-order valence-electron chi connectivity index (χ2n) is 6.46. The third kappa shape index (κ3) is 3.56. The van der Waals surface area contributed by atoms with Crippen molar-refractivity contribution in [1.29, 1.82) is 0 Å². The number of carbonyl (C=O) groups is 1. The summed E-state index contributed by atoms with van der Waals surface area (Å²) in [6, 6.07) is 4.48. The summed E-state index contributed by atoms with van der Waals surface area (Å²) in [5.74, 6) is 0.482. The Morgan fingerprint density at radius 2 is 2.00 bits per heavy atom. The predicted octanol–water partition coefficient (Wildman–Crippen LogP) is 0.713. The van der Waals surface area contributed by atoms with Gasteiger partial charge in [-0.2, -0.15) is 18.9 Å². The van der Waals surface area contributed by atoms with E-state index >= 15 is 0 Å². The summed E-state index contributed by atoms with van der Waals surface area (Å²) in [6.07, 6.45) is 1.43. The van der Waals surface area contributed by atoms with E-state index in [-0.39, 0.29) is 30.5 Å². The molecule has 4 rings (SSSR count). The van der Waals surface area contributed by atoms with Crippen LogP contribution in [0.5, 0.6) is 0 Å². The molecule has 0 saturated carbocycles. The van der Waals surface area contributed by atoms with E-state index in [1.165, 1.54) is 22.8 Å². The zero-order valence-corrected chi connectivity index (χ0v) is 16.8. The molecule has 0 amide bonds. The molecule has 1 saturated heterocycles. The van der Waals surface area contributed by atoms with Crippen molar-refractivity contribution in [2.75, 3.05) is 37.7 Å². The molecular formula is C17H20N6O5S. The monoisotopic (exact) mass is 420 g/mol. The lowest BCUT2D eigenvalue weighted by molar-refractivity contribution is 0.0483. The van der Waals surface area contributed by atoms with E-state index in [1.54, 1.807) is 11.4 Å². The molecule has 3 aromatic heterocycles. The zero-order valence-electron chi connectivity index (χ0n) is 16.0. The molecule has 0 aliphatic carbocycles. The quantitative estimate of drug-likeness (QED) is 0.549. The molecule has 0 bridgehead atoms. The minimum atomic E-state index is -3.85. The highest BCUT2D eigenvalue weighted by Crippen LogP contribution is 2.23. The maximum Gasteiger partial charge on any atom is 0.374 e.